The largest absolute Gasteiger partial charge is 0.488 e. The first-order chi connectivity index (χ1) is 17.5. The number of amides is 2. The maximum Gasteiger partial charge on any atom is 0.258 e. The summed E-state index contributed by atoms with van der Waals surface area (Å²) in [5.74, 6) is -0.378. The summed E-state index contributed by atoms with van der Waals surface area (Å²) in [6.45, 7) is 3.67. The highest BCUT2D eigenvalue weighted by Crippen LogP contribution is 2.33. The lowest BCUT2D eigenvalue weighted by Gasteiger charge is -2.38. The van der Waals surface area contributed by atoms with Crippen LogP contribution >= 0.6 is 11.6 Å². The molecule has 4 rings (SSSR count). The number of aliphatic hydroxyl groups is 1. The summed E-state index contributed by atoms with van der Waals surface area (Å²) < 4.78 is 33.9. The van der Waals surface area contributed by atoms with Crippen LogP contribution in [-0.4, -0.2) is 73.4 Å². The number of hydrogen-bond donors (Lipinski definition) is 2. The van der Waals surface area contributed by atoms with Gasteiger partial charge in [-0.2, -0.15) is 4.31 Å². The maximum atomic E-state index is 13.5. The van der Waals surface area contributed by atoms with E-state index in [2.05, 4.69) is 5.32 Å². The van der Waals surface area contributed by atoms with E-state index in [9.17, 15) is 23.1 Å². The molecule has 200 valence electrons. The van der Waals surface area contributed by atoms with E-state index in [1.807, 2.05) is 6.92 Å². The van der Waals surface area contributed by atoms with Gasteiger partial charge in [0.25, 0.3) is 5.91 Å². The Kier molecular flexibility index (Phi) is 8.13. The van der Waals surface area contributed by atoms with Crippen LogP contribution in [0.25, 0.3) is 0 Å². The van der Waals surface area contributed by atoms with Crippen LogP contribution in [0, 0.1) is 11.8 Å². The predicted octanol–water partition coefficient (Wildman–Crippen LogP) is 3.23. The predicted molar refractivity (Wildman–Crippen MR) is 140 cm³/mol. The third kappa shape index (κ3) is 6.09. The van der Waals surface area contributed by atoms with Crippen LogP contribution in [0.2, 0.25) is 5.02 Å². The van der Waals surface area contributed by atoms with Gasteiger partial charge in [-0.25, -0.2) is 8.42 Å². The molecule has 2 N–H and O–H groups in total. The van der Waals surface area contributed by atoms with Gasteiger partial charge in [-0.1, -0.05) is 18.5 Å². The van der Waals surface area contributed by atoms with Crippen molar-refractivity contribution in [3.05, 3.63) is 53.1 Å². The fraction of sp³-hybridized carbons (Fsp3) is 0.462. The average molecular weight is 550 g/mol. The Balaban J connectivity index is 1.64. The van der Waals surface area contributed by atoms with Crippen LogP contribution in [0.5, 0.6) is 5.75 Å². The zero-order chi connectivity index (χ0) is 26.9. The summed E-state index contributed by atoms with van der Waals surface area (Å²) in [6, 6.07) is 10.3. The first kappa shape index (κ1) is 27.4. The maximum absolute atomic E-state index is 13.5. The van der Waals surface area contributed by atoms with E-state index in [0.717, 1.165) is 12.8 Å². The van der Waals surface area contributed by atoms with E-state index in [-0.39, 0.29) is 53.8 Å². The molecule has 1 heterocycles. The van der Waals surface area contributed by atoms with Crippen molar-refractivity contribution in [1.29, 1.82) is 0 Å². The molecule has 11 heteroatoms. The molecule has 0 unspecified atom stereocenters. The van der Waals surface area contributed by atoms with E-state index >= 15 is 0 Å². The molecule has 0 radical (unpaired) electrons. The van der Waals surface area contributed by atoms with Crippen molar-refractivity contribution >= 4 is 39.1 Å². The second kappa shape index (κ2) is 11.0. The Hall–Kier alpha value is -2.66. The number of anilines is 1. The monoisotopic (exact) mass is 549 g/mol. The number of sulfonamides is 1. The summed E-state index contributed by atoms with van der Waals surface area (Å²) in [4.78, 5) is 27.5. The van der Waals surface area contributed by atoms with Gasteiger partial charge in [0.1, 0.15) is 11.9 Å². The number of fused-ring (bicyclic) bond motifs is 1. The molecule has 1 fully saturated rings. The van der Waals surface area contributed by atoms with Gasteiger partial charge in [-0.3, -0.25) is 9.59 Å². The third-order valence-electron chi connectivity index (χ3n) is 6.84. The highest BCUT2D eigenvalue weighted by molar-refractivity contribution is 7.89. The van der Waals surface area contributed by atoms with Crippen LogP contribution in [0.15, 0.2) is 47.4 Å². The number of aliphatic hydroxyl groups excluding tert-OH is 1. The van der Waals surface area contributed by atoms with Crippen molar-refractivity contribution < 1.29 is 27.9 Å². The van der Waals surface area contributed by atoms with E-state index in [1.165, 1.54) is 35.6 Å². The first-order valence-electron chi connectivity index (χ1n) is 12.3. The molecule has 2 aliphatic rings. The van der Waals surface area contributed by atoms with Gasteiger partial charge >= 0.3 is 0 Å². The fourth-order valence-corrected chi connectivity index (χ4v) is 5.56. The zero-order valence-electron chi connectivity index (χ0n) is 21.1. The SMILES string of the molecule is C[C@@H]1CN([C@@H](C)CO)C(=O)c2cc(NC(=O)C3CC3)ccc2O[C@@H]1CN(C)S(=O)(=O)c1ccc(Cl)cc1. The van der Waals surface area contributed by atoms with Gasteiger partial charge in [0.05, 0.1) is 29.7 Å². The number of ether oxygens (including phenoxy) is 1. The summed E-state index contributed by atoms with van der Waals surface area (Å²) in [5.41, 5.74) is 0.728. The third-order valence-corrected chi connectivity index (χ3v) is 8.93. The number of nitrogens with zero attached hydrogens (tertiary/aromatic N) is 2. The molecule has 2 aromatic rings. The quantitative estimate of drug-likeness (QED) is 0.522. The highest BCUT2D eigenvalue weighted by Gasteiger charge is 2.36. The summed E-state index contributed by atoms with van der Waals surface area (Å²) in [7, 11) is -2.34. The van der Waals surface area contributed by atoms with Gasteiger partial charge in [-0.15, -0.1) is 0 Å². The smallest absolute Gasteiger partial charge is 0.258 e. The number of likely N-dealkylation sites (N-methyl/N-ethyl adjacent to an activating group) is 1. The van der Waals surface area contributed by atoms with Crippen LogP contribution in [-0.2, 0) is 14.8 Å². The summed E-state index contributed by atoms with van der Waals surface area (Å²) >= 11 is 5.92. The number of benzene rings is 2. The van der Waals surface area contributed by atoms with Crippen LogP contribution in [0.4, 0.5) is 5.69 Å². The van der Waals surface area contributed by atoms with Gasteiger partial charge in [0, 0.05) is 36.1 Å². The van der Waals surface area contributed by atoms with Crippen molar-refractivity contribution in [2.75, 3.05) is 32.1 Å². The van der Waals surface area contributed by atoms with Crippen molar-refractivity contribution in [3.8, 4) is 5.75 Å². The molecule has 2 amide bonds. The molecule has 0 spiro atoms. The lowest BCUT2D eigenvalue weighted by Crippen LogP contribution is -2.50. The number of carbonyl (C=O) groups excluding carboxylic acids is 2. The minimum absolute atomic E-state index is 0.00299. The Morgan fingerprint density at radius 3 is 2.54 bits per heavy atom. The molecule has 3 atom stereocenters. The van der Waals surface area contributed by atoms with Crippen LogP contribution in [0.3, 0.4) is 0 Å². The van der Waals surface area contributed by atoms with Crippen molar-refractivity contribution in [3.63, 3.8) is 0 Å². The first-order valence-corrected chi connectivity index (χ1v) is 14.1. The molecule has 1 saturated carbocycles. The lowest BCUT2D eigenvalue weighted by molar-refractivity contribution is -0.117. The Labute approximate surface area is 222 Å². The molecule has 37 heavy (non-hydrogen) atoms. The second-order valence-electron chi connectivity index (χ2n) is 9.84. The van der Waals surface area contributed by atoms with Crippen molar-refractivity contribution in [2.45, 2.75) is 43.7 Å². The molecule has 0 aromatic heterocycles. The minimum atomic E-state index is -3.82. The standard InChI is InChI=1S/C26H32ClN3O6S/c1-16-13-30(17(2)15-31)26(33)22-12-20(28-25(32)18-4-5-18)8-11-23(22)36-24(16)14-29(3)37(34,35)21-9-6-19(27)7-10-21/h6-12,16-18,24,31H,4-5,13-15H2,1-3H3,(H,28,32)/t16-,17+,24-/m1/s1. The summed E-state index contributed by atoms with van der Waals surface area (Å²) in [5, 5.41) is 13.1. The van der Waals surface area contributed by atoms with Crippen LogP contribution in [0.1, 0.15) is 37.0 Å². The molecule has 0 saturated heterocycles. The number of rotatable bonds is 8. The molecule has 0 bridgehead atoms. The molecular formula is C26H32ClN3O6S. The van der Waals surface area contributed by atoms with Gasteiger partial charge in [-0.05, 0) is 62.2 Å². The van der Waals surface area contributed by atoms with Gasteiger partial charge in [0.2, 0.25) is 15.9 Å². The molecule has 1 aliphatic carbocycles. The molecule has 9 nitrogen and oxygen atoms in total. The van der Waals surface area contributed by atoms with E-state index < -0.39 is 22.2 Å². The topological polar surface area (TPSA) is 116 Å². The van der Waals surface area contributed by atoms with Crippen molar-refractivity contribution in [1.82, 2.24) is 9.21 Å². The number of nitrogens with one attached hydrogen (secondary N) is 1. The average Bonchev–Trinajstić information content (AvgIpc) is 3.72. The Morgan fingerprint density at radius 2 is 1.92 bits per heavy atom. The Bertz CT molecular complexity index is 1270. The number of carbonyl (C=O) groups is 2. The summed E-state index contributed by atoms with van der Waals surface area (Å²) in [6.07, 6.45) is 1.11. The van der Waals surface area contributed by atoms with E-state index in [0.29, 0.717) is 16.5 Å². The molecular weight excluding hydrogens is 518 g/mol. The fourth-order valence-electron chi connectivity index (χ4n) is 4.25. The van der Waals surface area contributed by atoms with E-state index in [4.69, 9.17) is 16.3 Å². The normalized spacial score (nSPS) is 21.0. The second-order valence-corrected chi connectivity index (χ2v) is 12.3. The highest BCUT2D eigenvalue weighted by atomic mass is 35.5. The van der Waals surface area contributed by atoms with Crippen molar-refractivity contribution in [2.24, 2.45) is 11.8 Å². The Morgan fingerprint density at radius 1 is 1.24 bits per heavy atom. The number of hydrogen-bond acceptors (Lipinski definition) is 6. The zero-order valence-corrected chi connectivity index (χ0v) is 22.6. The van der Waals surface area contributed by atoms with Crippen LogP contribution < -0.4 is 10.1 Å². The minimum Gasteiger partial charge on any atom is -0.488 e. The van der Waals surface area contributed by atoms with E-state index in [1.54, 1.807) is 30.0 Å². The molecule has 2 aromatic carbocycles. The lowest BCUT2D eigenvalue weighted by atomic mass is 9.99. The van der Waals surface area contributed by atoms with Gasteiger partial charge in [0.15, 0.2) is 0 Å². The van der Waals surface area contributed by atoms with Gasteiger partial charge < -0.3 is 20.1 Å². The molecule has 1 aliphatic heterocycles. The number of halogens is 1.